The largest absolute Gasteiger partial charge is 0.380 e. The lowest BCUT2D eigenvalue weighted by molar-refractivity contribution is 0.104. The van der Waals surface area contributed by atoms with Gasteiger partial charge in [-0.15, -0.1) is 6.58 Å². The Kier molecular flexibility index (Phi) is 4.44. The number of sulfonamides is 1. The second kappa shape index (κ2) is 4.59. The van der Waals surface area contributed by atoms with E-state index in [1.807, 2.05) is 0 Å². The zero-order chi connectivity index (χ0) is 9.78. The number of hydrogen-bond donors (Lipinski definition) is 1. The summed E-state index contributed by atoms with van der Waals surface area (Å²) in [6.07, 6.45) is 1.68. The monoisotopic (exact) mass is 193 g/mol. The number of primary sulfonamides is 1. The molecule has 0 saturated heterocycles. The fraction of sp³-hybridized carbons (Fsp3) is 0.714. The van der Waals surface area contributed by atoms with Gasteiger partial charge in [0.25, 0.3) is 0 Å². The van der Waals surface area contributed by atoms with Crippen LogP contribution in [0.2, 0.25) is 0 Å². The van der Waals surface area contributed by atoms with Gasteiger partial charge in [0.05, 0.1) is 11.4 Å². The summed E-state index contributed by atoms with van der Waals surface area (Å²) in [7, 11) is -2.05. The molecule has 0 aromatic rings. The van der Waals surface area contributed by atoms with Crippen molar-refractivity contribution in [2.24, 2.45) is 5.14 Å². The van der Waals surface area contributed by atoms with Crippen molar-refractivity contribution < 1.29 is 13.2 Å². The van der Waals surface area contributed by atoms with Crippen molar-refractivity contribution in [2.75, 3.05) is 7.11 Å². The smallest absolute Gasteiger partial charge is 0.214 e. The van der Waals surface area contributed by atoms with Crippen LogP contribution in [0.3, 0.4) is 0 Å². The van der Waals surface area contributed by atoms with Crippen LogP contribution in [-0.4, -0.2) is 26.9 Å². The van der Waals surface area contributed by atoms with Gasteiger partial charge in [0.2, 0.25) is 10.0 Å². The van der Waals surface area contributed by atoms with E-state index in [-0.39, 0.29) is 0 Å². The highest BCUT2D eigenvalue weighted by Crippen LogP contribution is 2.09. The maximum atomic E-state index is 10.9. The fourth-order valence-electron chi connectivity index (χ4n) is 0.855. The molecule has 0 aromatic heterocycles. The van der Waals surface area contributed by atoms with Gasteiger partial charge >= 0.3 is 0 Å². The first-order valence-corrected chi connectivity index (χ1v) is 5.19. The summed E-state index contributed by atoms with van der Waals surface area (Å²) < 4.78 is 26.7. The molecular weight excluding hydrogens is 178 g/mol. The van der Waals surface area contributed by atoms with Crippen LogP contribution in [-0.2, 0) is 14.8 Å². The van der Waals surface area contributed by atoms with Crippen molar-refractivity contribution in [3.8, 4) is 0 Å². The quantitative estimate of drug-likeness (QED) is 0.636. The molecule has 0 saturated carbocycles. The third-order valence-corrected chi connectivity index (χ3v) is 3.08. The van der Waals surface area contributed by atoms with Crippen molar-refractivity contribution in [3.05, 3.63) is 12.7 Å². The van der Waals surface area contributed by atoms with Crippen LogP contribution in [0.1, 0.15) is 13.3 Å². The van der Waals surface area contributed by atoms with E-state index in [2.05, 4.69) is 6.58 Å². The zero-order valence-electron chi connectivity index (χ0n) is 7.36. The first kappa shape index (κ1) is 11.6. The molecule has 0 aromatic carbocycles. The Morgan fingerprint density at radius 1 is 1.67 bits per heavy atom. The van der Waals surface area contributed by atoms with E-state index in [1.54, 1.807) is 6.08 Å². The van der Waals surface area contributed by atoms with Gasteiger partial charge in [0.15, 0.2) is 0 Å². The van der Waals surface area contributed by atoms with Crippen molar-refractivity contribution in [1.29, 1.82) is 0 Å². The summed E-state index contributed by atoms with van der Waals surface area (Å²) in [6, 6.07) is 0. The second-order valence-corrected chi connectivity index (χ2v) is 4.51. The first-order valence-electron chi connectivity index (χ1n) is 3.58. The van der Waals surface area contributed by atoms with Crippen molar-refractivity contribution >= 4 is 10.0 Å². The number of methoxy groups -OCH3 is 1. The molecule has 0 fully saturated rings. The van der Waals surface area contributed by atoms with Crippen LogP contribution in [0.5, 0.6) is 0 Å². The summed E-state index contributed by atoms with van der Waals surface area (Å²) in [5.41, 5.74) is 0. The highest BCUT2D eigenvalue weighted by Gasteiger charge is 2.25. The van der Waals surface area contributed by atoms with Gasteiger partial charge in [-0.1, -0.05) is 6.08 Å². The highest BCUT2D eigenvalue weighted by atomic mass is 32.2. The molecule has 0 aliphatic heterocycles. The lowest BCUT2D eigenvalue weighted by Gasteiger charge is -2.18. The topological polar surface area (TPSA) is 69.4 Å². The van der Waals surface area contributed by atoms with Gasteiger partial charge in [-0.2, -0.15) is 0 Å². The second-order valence-electron chi connectivity index (χ2n) is 2.59. The molecule has 0 unspecified atom stereocenters. The Morgan fingerprint density at radius 2 is 2.17 bits per heavy atom. The fourth-order valence-corrected chi connectivity index (χ4v) is 1.50. The molecule has 0 bridgehead atoms. The summed E-state index contributed by atoms with van der Waals surface area (Å²) in [5, 5.41) is 4.25. The minimum absolute atomic E-state index is 0.405. The zero-order valence-corrected chi connectivity index (χ0v) is 8.17. The molecule has 4 nitrogen and oxygen atoms in total. The molecular formula is C7H15NO3S. The molecule has 12 heavy (non-hydrogen) atoms. The predicted octanol–water partition coefficient (Wildman–Crippen LogP) is 0.255. The minimum Gasteiger partial charge on any atom is -0.380 e. The maximum absolute atomic E-state index is 10.9. The van der Waals surface area contributed by atoms with Crippen LogP contribution < -0.4 is 5.14 Å². The molecule has 5 heteroatoms. The highest BCUT2D eigenvalue weighted by molar-refractivity contribution is 7.89. The average Bonchev–Trinajstić information content (AvgIpc) is 1.97. The van der Waals surface area contributed by atoms with Crippen molar-refractivity contribution in [1.82, 2.24) is 0 Å². The Balaban J connectivity index is 4.41. The van der Waals surface area contributed by atoms with Gasteiger partial charge < -0.3 is 4.74 Å². The van der Waals surface area contributed by atoms with Gasteiger partial charge in [-0.05, 0) is 13.3 Å². The Hall–Kier alpha value is -0.390. The molecule has 0 amide bonds. The van der Waals surface area contributed by atoms with Gasteiger partial charge in [0, 0.05) is 7.11 Å². The molecule has 0 aliphatic rings. The molecule has 0 radical (unpaired) electrons. The molecule has 0 rings (SSSR count). The third-order valence-electron chi connectivity index (χ3n) is 1.74. The van der Waals surface area contributed by atoms with Gasteiger partial charge in [-0.25, -0.2) is 13.6 Å². The maximum Gasteiger partial charge on any atom is 0.214 e. The lowest BCUT2D eigenvalue weighted by Crippen LogP contribution is -2.37. The van der Waals surface area contributed by atoms with E-state index in [9.17, 15) is 8.42 Å². The number of hydrogen-bond acceptors (Lipinski definition) is 3. The van der Waals surface area contributed by atoms with Crippen LogP contribution in [0, 0.1) is 0 Å². The molecule has 0 spiro atoms. The molecule has 72 valence electrons. The molecule has 2 N–H and O–H groups in total. The van der Waals surface area contributed by atoms with Crippen LogP contribution in [0.15, 0.2) is 12.7 Å². The van der Waals surface area contributed by atoms with E-state index in [0.717, 1.165) is 0 Å². The Bertz CT molecular complexity index is 235. The summed E-state index contributed by atoms with van der Waals surface area (Å²) in [5.74, 6) is 0. The minimum atomic E-state index is -3.51. The van der Waals surface area contributed by atoms with Crippen molar-refractivity contribution in [3.63, 3.8) is 0 Å². The van der Waals surface area contributed by atoms with E-state index in [1.165, 1.54) is 14.0 Å². The summed E-state index contributed by atoms with van der Waals surface area (Å²) >= 11 is 0. The number of nitrogens with two attached hydrogens (primary N) is 1. The van der Waals surface area contributed by atoms with E-state index < -0.39 is 21.4 Å². The van der Waals surface area contributed by atoms with E-state index in [0.29, 0.717) is 6.42 Å². The molecule has 2 atom stereocenters. The molecule has 0 aliphatic carbocycles. The summed E-state index contributed by atoms with van der Waals surface area (Å²) in [4.78, 5) is 0. The van der Waals surface area contributed by atoms with Crippen LogP contribution in [0.25, 0.3) is 0 Å². The normalized spacial score (nSPS) is 16.9. The first-order chi connectivity index (χ1) is 5.43. The SMILES string of the molecule is C=CC[C@H](OC)[C@@H](C)S(N)(=O)=O. The average molecular weight is 193 g/mol. The summed E-state index contributed by atoms with van der Waals surface area (Å²) in [6.45, 7) is 5.02. The van der Waals surface area contributed by atoms with Crippen LogP contribution in [0.4, 0.5) is 0 Å². The number of ether oxygens (including phenoxy) is 1. The number of rotatable bonds is 5. The Labute approximate surface area is 73.5 Å². The lowest BCUT2D eigenvalue weighted by atomic mass is 10.2. The Morgan fingerprint density at radius 3 is 2.42 bits per heavy atom. The van der Waals surface area contributed by atoms with Crippen molar-refractivity contribution in [2.45, 2.75) is 24.7 Å². The third kappa shape index (κ3) is 3.34. The van der Waals surface area contributed by atoms with Gasteiger partial charge in [0.1, 0.15) is 0 Å². The van der Waals surface area contributed by atoms with Gasteiger partial charge in [-0.3, -0.25) is 0 Å². The van der Waals surface area contributed by atoms with E-state index >= 15 is 0 Å². The van der Waals surface area contributed by atoms with E-state index in [4.69, 9.17) is 9.88 Å². The van der Waals surface area contributed by atoms with Crippen LogP contribution >= 0.6 is 0 Å². The molecule has 0 heterocycles. The standard InChI is InChI=1S/C7H15NO3S/c1-4-5-7(11-3)6(2)12(8,9)10/h4,6-7H,1,5H2,2-3H3,(H2,8,9,10)/t6-,7+/m1/s1. The predicted molar refractivity (Wildman–Crippen MR) is 48.2 cm³/mol.